The van der Waals surface area contributed by atoms with Gasteiger partial charge in [-0.25, -0.2) is 0 Å². The van der Waals surface area contributed by atoms with Crippen molar-refractivity contribution in [1.82, 2.24) is 0 Å². The minimum atomic E-state index is -0.403. The van der Waals surface area contributed by atoms with Crippen LogP contribution in [0.1, 0.15) is 11.1 Å². The highest BCUT2D eigenvalue weighted by molar-refractivity contribution is 5.81. The fraction of sp³-hybridized carbons (Fsp3) is 0.0357. The van der Waals surface area contributed by atoms with Gasteiger partial charge in [-0.15, -0.1) is 0 Å². The van der Waals surface area contributed by atoms with Crippen molar-refractivity contribution in [2.24, 2.45) is 0 Å². The van der Waals surface area contributed by atoms with Crippen molar-refractivity contribution in [2.75, 3.05) is 4.90 Å². The molecule has 0 aliphatic rings. The topological polar surface area (TPSA) is 90.4 Å². The summed E-state index contributed by atoms with van der Waals surface area (Å²) >= 11 is 0. The van der Waals surface area contributed by atoms with Crippen molar-refractivity contribution in [2.45, 2.75) is 6.61 Å². The largest absolute Gasteiger partial charge is 0.392 e. The van der Waals surface area contributed by atoms with Gasteiger partial charge < -0.3 is 10.0 Å². The van der Waals surface area contributed by atoms with E-state index in [4.69, 9.17) is 5.26 Å². The Bertz CT molecular complexity index is 1360. The van der Waals surface area contributed by atoms with E-state index in [1.165, 1.54) is 12.1 Å². The molecule has 0 amide bonds. The zero-order chi connectivity index (χ0) is 23.9. The van der Waals surface area contributed by atoms with Crippen molar-refractivity contribution < 1.29 is 10.0 Å². The molecule has 1 N–H and O–H groups in total. The Morgan fingerprint density at radius 3 is 2.09 bits per heavy atom. The predicted octanol–water partition coefficient (Wildman–Crippen LogP) is 6.76. The number of benzene rings is 4. The number of nitro benzene ring substituents is 1. The second-order valence-corrected chi connectivity index (χ2v) is 7.54. The van der Waals surface area contributed by atoms with Crippen LogP contribution in [0.25, 0.3) is 17.2 Å². The fourth-order valence-corrected chi connectivity index (χ4v) is 3.75. The van der Waals surface area contributed by atoms with E-state index in [9.17, 15) is 15.2 Å². The zero-order valence-electron chi connectivity index (χ0n) is 18.2. The van der Waals surface area contributed by atoms with E-state index in [0.29, 0.717) is 16.7 Å². The Hall–Kier alpha value is -4.73. The van der Waals surface area contributed by atoms with E-state index in [2.05, 4.69) is 4.90 Å². The quantitative estimate of drug-likeness (QED) is 0.192. The van der Waals surface area contributed by atoms with Crippen LogP contribution in [-0.4, -0.2) is 10.0 Å². The standard InChI is InChI=1S/C28H21N3O3/c29-18-4-5-21-10-17-28(31(33)34)27(19-21)23-11-15-26(16-12-23)30(24-6-2-1-3-7-24)25-13-8-22(20-32)9-14-25/h1-17,19,32H,20H2. The van der Waals surface area contributed by atoms with E-state index < -0.39 is 4.92 Å². The maximum atomic E-state index is 11.6. The number of hydrogen-bond acceptors (Lipinski definition) is 5. The number of rotatable bonds is 7. The molecule has 0 aliphatic heterocycles. The maximum Gasteiger partial charge on any atom is 0.277 e. The lowest BCUT2D eigenvalue weighted by Gasteiger charge is -2.25. The van der Waals surface area contributed by atoms with E-state index in [1.54, 1.807) is 18.2 Å². The first-order valence-electron chi connectivity index (χ1n) is 10.6. The normalized spacial score (nSPS) is 10.7. The molecule has 0 spiro atoms. The van der Waals surface area contributed by atoms with Crippen LogP contribution < -0.4 is 4.90 Å². The Morgan fingerprint density at radius 1 is 0.882 bits per heavy atom. The minimum Gasteiger partial charge on any atom is -0.392 e. The van der Waals surface area contributed by atoms with Crippen molar-refractivity contribution >= 4 is 28.8 Å². The molecule has 0 aliphatic carbocycles. The van der Waals surface area contributed by atoms with Gasteiger partial charge in [0.1, 0.15) is 0 Å². The van der Waals surface area contributed by atoms with Gasteiger partial charge in [-0.2, -0.15) is 5.26 Å². The molecule has 34 heavy (non-hydrogen) atoms. The molecule has 0 saturated carbocycles. The predicted molar refractivity (Wildman–Crippen MR) is 134 cm³/mol. The summed E-state index contributed by atoms with van der Waals surface area (Å²) in [4.78, 5) is 13.3. The summed E-state index contributed by atoms with van der Waals surface area (Å²) in [6.45, 7) is -0.0261. The third kappa shape index (κ3) is 4.85. The Balaban J connectivity index is 1.77. The highest BCUT2D eigenvalue weighted by Crippen LogP contribution is 2.37. The number of anilines is 3. The molecule has 4 aromatic rings. The second-order valence-electron chi connectivity index (χ2n) is 7.54. The molecule has 6 nitrogen and oxygen atoms in total. The molecule has 0 aromatic heterocycles. The molecule has 6 heteroatoms. The molecular formula is C28H21N3O3. The third-order valence-electron chi connectivity index (χ3n) is 5.40. The van der Waals surface area contributed by atoms with Gasteiger partial charge >= 0.3 is 0 Å². The van der Waals surface area contributed by atoms with Crippen LogP contribution in [0.15, 0.2) is 103 Å². The van der Waals surface area contributed by atoms with Gasteiger partial charge in [-0.05, 0) is 71.3 Å². The number of nitrogens with zero attached hydrogens (tertiary/aromatic N) is 3. The second kappa shape index (κ2) is 10.3. The summed E-state index contributed by atoms with van der Waals surface area (Å²) in [6, 6.07) is 31.8. The van der Waals surface area contributed by atoms with Gasteiger partial charge in [0.15, 0.2) is 0 Å². The number of aliphatic hydroxyl groups is 1. The van der Waals surface area contributed by atoms with Gasteiger partial charge in [-0.3, -0.25) is 10.1 Å². The van der Waals surface area contributed by atoms with Crippen LogP contribution >= 0.6 is 0 Å². The van der Waals surface area contributed by atoms with Crippen LogP contribution in [-0.2, 0) is 6.61 Å². The Kier molecular flexibility index (Phi) is 6.78. The summed E-state index contributed by atoms with van der Waals surface area (Å²) in [5.41, 5.74) is 5.48. The van der Waals surface area contributed by atoms with E-state index in [-0.39, 0.29) is 12.3 Å². The molecule has 0 saturated heterocycles. The van der Waals surface area contributed by atoms with Gasteiger partial charge in [0.25, 0.3) is 5.69 Å². The van der Waals surface area contributed by atoms with Gasteiger partial charge in [0, 0.05) is 29.2 Å². The molecule has 0 atom stereocenters. The van der Waals surface area contributed by atoms with E-state index in [1.807, 2.05) is 84.9 Å². The van der Waals surface area contributed by atoms with Crippen LogP contribution in [0.4, 0.5) is 22.7 Å². The molecular weight excluding hydrogens is 426 g/mol. The van der Waals surface area contributed by atoms with Crippen molar-refractivity contribution in [3.63, 3.8) is 0 Å². The first-order chi connectivity index (χ1) is 16.6. The number of nitro groups is 1. The summed E-state index contributed by atoms with van der Waals surface area (Å²) in [5, 5.41) is 29.8. The van der Waals surface area contributed by atoms with Crippen LogP contribution in [0.3, 0.4) is 0 Å². The molecule has 0 unspecified atom stereocenters. The number of allylic oxidation sites excluding steroid dienone is 1. The Morgan fingerprint density at radius 2 is 1.50 bits per heavy atom. The number of hydrogen-bond donors (Lipinski definition) is 1. The average molecular weight is 447 g/mol. The van der Waals surface area contributed by atoms with Crippen LogP contribution in [0, 0.1) is 21.4 Å². The van der Waals surface area contributed by atoms with Gasteiger partial charge in [0.2, 0.25) is 0 Å². The lowest BCUT2D eigenvalue weighted by Crippen LogP contribution is -2.09. The average Bonchev–Trinajstić information content (AvgIpc) is 2.89. The molecule has 166 valence electrons. The van der Waals surface area contributed by atoms with Gasteiger partial charge in [0.05, 0.1) is 23.2 Å². The van der Waals surface area contributed by atoms with Crippen molar-refractivity contribution in [1.29, 1.82) is 5.26 Å². The summed E-state index contributed by atoms with van der Waals surface area (Å²) in [5.74, 6) is 0. The molecule has 0 fully saturated rings. The highest BCUT2D eigenvalue weighted by atomic mass is 16.6. The van der Waals surface area contributed by atoms with E-state index >= 15 is 0 Å². The van der Waals surface area contributed by atoms with Crippen molar-refractivity contribution in [3.8, 4) is 17.2 Å². The van der Waals surface area contributed by atoms with Crippen molar-refractivity contribution in [3.05, 3.63) is 124 Å². The summed E-state index contributed by atoms with van der Waals surface area (Å²) in [7, 11) is 0. The minimum absolute atomic E-state index is 0.00126. The lowest BCUT2D eigenvalue weighted by atomic mass is 10.00. The summed E-state index contributed by atoms with van der Waals surface area (Å²) in [6.07, 6.45) is 2.96. The first-order valence-corrected chi connectivity index (χ1v) is 10.6. The molecule has 0 radical (unpaired) electrons. The number of nitriles is 1. The zero-order valence-corrected chi connectivity index (χ0v) is 18.2. The molecule has 0 bridgehead atoms. The molecule has 4 aromatic carbocycles. The lowest BCUT2D eigenvalue weighted by molar-refractivity contribution is -0.384. The number of para-hydroxylation sites is 1. The summed E-state index contributed by atoms with van der Waals surface area (Å²) < 4.78 is 0. The maximum absolute atomic E-state index is 11.6. The van der Waals surface area contributed by atoms with Crippen LogP contribution in [0.5, 0.6) is 0 Å². The van der Waals surface area contributed by atoms with E-state index in [0.717, 1.165) is 22.6 Å². The fourth-order valence-electron chi connectivity index (χ4n) is 3.75. The first kappa shape index (κ1) is 22.5. The van der Waals surface area contributed by atoms with Gasteiger partial charge in [-0.1, -0.05) is 42.5 Å². The highest BCUT2D eigenvalue weighted by Gasteiger charge is 2.17. The Labute approximate surface area is 197 Å². The SMILES string of the molecule is N#CC=Cc1ccc([N+](=O)[O-])c(-c2ccc(N(c3ccccc3)c3ccc(CO)cc3)cc2)c1. The number of aliphatic hydroxyl groups excluding tert-OH is 1. The smallest absolute Gasteiger partial charge is 0.277 e. The molecule has 0 heterocycles. The van der Waals surface area contributed by atoms with Crippen LogP contribution in [0.2, 0.25) is 0 Å². The molecule has 4 rings (SSSR count). The third-order valence-corrected chi connectivity index (χ3v) is 5.40. The monoisotopic (exact) mass is 447 g/mol.